The van der Waals surface area contributed by atoms with Crippen LogP contribution in [-0.2, 0) is 9.59 Å². The molecule has 2 N–H and O–H groups in total. The lowest BCUT2D eigenvalue weighted by atomic mass is 9.87. The van der Waals surface area contributed by atoms with E-state index in [9.17, 15) is 9.59 Å². The van der Waals surface area contributed by atoms with E-state index in [1.807, 2.05) is 19.1 Å². The zero-order valence-electron chi connectivity index (χ0n) is 12.4. The highest BCUT2D eigenvalue weighted by molar-refractivity contribution is 9.10. The largest absolute Gasteiger partial charge is 0.345 e. The first kappa shape index (κ1) is 16.0. The monoisotopic (exact) mass is 352 g/mol. The third-order valence-corrected chi connectivity index (χ3v) is 4.86. The van der Waals surface area contributed by atoms with Crippen molar-refractivity contribution in [2.75, 3.05) is 5.32 Å². The summed E-state index contributed by atoms with van der Waals surface area (Å²) in [6.45, 7) is 4.16. The predicted octanol–water partition coefficient (Wildman–Crippen LogP) is 3.39. The maximum absolute atomic E-state index is 11.9. The van der Waals surface area contributed by atoms with Crippen molar-refractivity contribution in [3.8, 4) is 0 Å². The molecule has 0 unspecified atom stereocenters. The van der Waals surface area contributed by atoms with E-state index in [0.717, 1.165) is 41.6 Å². The number of hydrogen-bond donors (Lipinski definition) is 2. The molecule has 0 bridgehead atoms. The maximum Gasteiger partial charge on any atom is 0.313 e. The molecule has 0 atom stereocenters. The van der Waals surface area contributed by atoms with Crippen LogP contribution >= 0.6 is 15.9 Å². The van der Waals surface area contributed by atoms with Crippen LogP contribution < -0.4 is 10.6 Å². The standard InChI is InChI=1S/C16H21BrN2O2/c1-10-3-5-12(6-4-10)18-15(20)16(21)19-13-7-8-14(17)11(2)9-13/h7-10,12H,3-6H2,1-2H3,(H,18,20)(H,19,21). The number of amides is 2. The molecule has 0 aromatic heterocycles. The van der Waals surface area contributed by atoms with E-state index < -0.39 is 11.8 Å². The average molecular weight is 353 g/mol. The fourth-order valence-corrected chi connectivity index (χ4v) is 2.81. The fraction of sp³-hybridized carbons (Fsp3) is 0.500. The molecule has 114 valence electrons. The smallest absolute Gasteiger partial charge is 0.313 e. The molecule has 5 heteroatoms. The minimum atomic E-state index is -0.602. The second kappa shape index (κ2) is 7.07. The molecule has 1 aromatic carbocycles. The molecule has 2 amide bonds. The molecule has 1 saturated carbocycles. The summed E-state index contributed by atoms with van der Waals surface area (Å²) in [6.07, 6.45) is 4.13. The van der Waals surface area contributed by atoms with Gasteiger partial charge in [-0.25, -0.2) is 0 Å². The molecule has 0 aliphatic heterocycles. The van der Waals surface area contributed by atoms with Gasteiger partial charge in [0.2, 0.25) is 0 Å². The number of hydrogen-bond acceptors (Lipinski definition) is 2. The Morgan fingerprint density at radius 1 is 1.14 bits per heavy atom. The average Bonchev–Trinajstić information content (AvgIpc) is 2.45. The first-order valence-electron chi connectivity index (χ1n) is 7.33. The molecule has 0 heterocycles. The first-order valence-corrected chi connectivity index (χ1v) is 8.13. The Bertz CT molecular complexity index is 537. The van der Waals surface area contributed by atoms with Crippen molar-refractivity contribution < 1.29 is 9.59 Å². The summed E-state index contributed by atoms with van der Waals surface area (Å²) in [5.41, 5.74) is 1.64. The van der Waals surface area contributed by atoms with Gasteiger partial charge in [-0.05, 0) is 62.3 Å². The number of carbonyl (C=O) groups excluding carboxylic acids is 2. The molecule has 1 fully saturated rings. The summed E-state index contributed by atoms with van der Waals surface area (Å²) < 4.78 is 0.973. The highest BCUT2D eigenvalue weighted by atomic mass is 79.9. The Labute approximate surface area is 133 Å². The predicted molar refractivity (Wildman–Crippen MR) is 87.1 cm³/mol. The lowest BCUT2D eigenvalue weighted by molar-refractivity contribution is -0.136. The Balaban J connectivity index is 1.87. The normalized spacial score (nSPS) is 21.7. The highest BCUT2D eigenvalue weighted by Crippen LogP contribution is 2.23. The molecular formula is C16H21BrN2O2. The Hall–Kier alpha value is -1.36. The second-order valence-electron chi connectivity index (χ2n) is 5.85. The van der Waals surface area contributed by atoms with E-state index in [1.165, 1.54) is 0 Å². The number of halogens is 1. The number of nitrogens with one attached hydrogen (secondary N) is 2. The highest BCUT2D eigenvalue weighted by Gasteiger charge is 2.22. The zero-order valence-corrected chi connectivity index (χ0v) is 14.0. The second-order valence-corrected chi connectivity index (χ2v) is 6.70. The molecule has 0 saturated heterocycles. The zero-order chi connectivity index (χ0) is 15.4. The molecule has 0 radical (unpaired) electrons. The molecule has 4 nitrogen and oxygen atoms in total. The number of carbonyl (C=O) groups is 2. The molecule has 0 spiro atoms. The molecular weight excluding hydrogens is 332 g/mol. The topological polar surface area (TPSA) is 58.2 Å². The number of anilines is 1. The van der Waals surface area contributed by atoms with Gasteiger partial charge >= 0.3 is 11.8 Å². The van der Waals surface area contributed by atoms with Crippen LogP contribution in [0, 0.1) is 12.8 Å². The third-order valence-electron chi connectivity index (χ3n) is 3.97. The van der Waals surface area contributed by atoms with Crippen LogP contribution in [0.25, 0.3) is 0 Å². The van der Waals surface area contributed by atoms with Crippen LogP contribution in [0.4, 0.5) is 5.69 Å². The number of rotatable bonds is 2. The fourth-order valence-electron chi connectivity index (χ4n) is 2.57. The summed E-state index contributed by atoms with van der Waals surface area (Å²) in [5, 5.41) is 5.46. The number of aryl methyl sites for hydroxylation is 1. The van der Waals surface area contributed by atoms with Crippen LogP contribution in [0.15, 0.2) is 22.7 Å². The van der Waals surface area contributed by atoms with Crippen molar-refractivity contribution >= 4 is 33.4 Å². The van der Waals surface area contributed by atoms with Gasteiger partial charge in [-0.15, -0.1) is 0 Å². The van der Waals surface area contributed by atoms with Gasteiger partial charge in [0.1, 0.15) is 0 Å². The third kappa shape index (κ3) is 4.56. The van der Waals surface area contributed by atoms with Crippen molar-refractivity contribution in [2.24, 2.45) is 5.92 Å². The van der Waals surface area contributed by atoms with E-state index in [4.69, 9.17) is 0 Å². The van der Waals surface area contributed by atoms with Gasteiger partial charge in [0.05, 0.1) is 0 Å². The lowest BCUT2D eigenvalue weighted by Crippen LogP contribution is -2.43. The Morgan fingerprint density at radius 2 is 1.81 bits per heavy atom. The van der Waals surface area contributed by atoms with Crippen molar-refractivity contribution in [2.45, 2.75) is 45.6 Å². The molecule has 1 aromatic rings. The van der Waals surface area contributed by atoms with Gasteiger partial charge in [0, 0.05) is 16.2 Å². The van der Waals surface area contributed by atoms with E-state index in [0.29, 0.717) is 5.69 Å². The number of benzene rings is 1. The first-order chi connectivity index (χ1) is 9.95. The van der Waals surface area contributed by atoms with Gasteiger partial charge in [-0.2, -0.15) is 0 Å². The quantitative estimate of drug-likeness (QED) is 0.801. The van der Waals surface area contributed by atoms with Crippen molar-refractivity contribution in [3.05, 3.63) is 28.2 Å². The van der Waals surface area contributed by atoms with E-state index >= 15 is 0 Å². The van der Waals surface area contributed by atoms with Crippen LogP contribution in [0.3, 0.4) is 0 Å². The van der Waals surface area contributed by atoms with Crippen molar-refractivity contribution in [1.82, 2.24) is 5.32 Å². The Kier molecular flexibility index (Phi) is 5.39. The van der Waals surface area contributed by atoms with Gasteiger partial charge in [0.25, 0.3) is 0 Å². The minimum absolute atomic E-state index is 0.131. The summed E-state index contributed by atoms with van der Waals surface area (Å²) >= 11 is 3.40. The summed E-state index contributed by atoms with van der Waals surface area (Å²) in [4.78, 5) is 23.8. The van der Waals surface area contributed by atoms with Gasteiger partial charge in [-0.3, -0.25) is 9.59 Å². The SMILES string of the molecule is Cc1cc(NC(=O)C(=O)NC2CCC(C)CC2)ccc1Br. The van der Waals surface area contributed by atoms with Gasteiger partial charge < -0.3 is 10.6 Å². The minimum Gasteiger partial charge on any atom is -0.345 e. The van der Waals surface area contributed by atoms with Crippen LogP contribution in [0.2, 0.25) is 0 Å². The summed E-state index contributed by atoms with van der Waals surface area (Å²) in [7, 11) is 0. The van der Waals surface area contributed by atoms with E-state index in [-0.39, 0.29) is 6.04 Å². The van der Waals surface area contributed by atoms with Crippen molar-refractivity contribution in [3.63, 3.8) is 0 Å². The van der Waals surface area contributed by atoms with E-state index in [1.54, 1.807) is 6.07 Å². The van der Waals surface area contributed by atoms with Gasteiger partial charge in [0.15, 0.2) is 0 Å². The molecule has 1 aliphatic rings. The Morgan fingerprint density at radius 3 is 2.43 bits per heavy atom. The summed E-state index contributed by atoms with van der Waals surface area (Å²) in [5.74, 6) is -0.428. The molecule has 21 heavy (non-hydrogen) atoms. The lowest BCUT2D eigenvalue weighted by Gasteiger charge is -2.26. The molecule has 1 aliphatic carbocycles. The van der Waals surface area contributed by atoms with Crippen molar-refractivity contribution in [1.29, 1.82) is 0 Å². The maximum atomic E-state index is 11.9. The van der Waals surface area contributed by atoms with Gasteiger partial charge in [-0.1, -0.05) is 22.9 Å². The van der Waals surface area contributed by atoms with Crippen LogP contribution in [0.5, 0.6) is 0 Å². The molecule has 2 rings (SSSR count). The summed E-state index contributed by atoms with van der Waals surface area (Å²) in [6, 6.07) is 5.58. The van der Waals surface area contributed by atoms with Crippen LogP contribution in [0.1, 0.15) is 38.2 Å². The van der Waals surface area contributed by atoms with E-state index in [2.05, 4.69) is 33.5 Å². The van der Waals surface area contributed by atoms with Crippen LogP contribution in [-0.4, -0.2) is 17.9 Å².